The van der Waals surface area contributed by atoms with Gasteiger partial charge in [-0.3, -0.25) is 4.98 Å². The van der Waals surface area contributed by atoms with Gasteiger partial charge in [-0.25, -0.2) is 0 Å². The van der Waals surface area contributed by atoms with Crippen molar-refractivity contribution in [3.8, 4) is 0 Å². The van der Waals surface area contributed by atoms with Crippen LogP contribution in [0.25, 0.3) is 17.0 Å². The van der Waals surface area contributed by atoms with Crippen molar-refractivity contribution in [1.82, 2.24) is 9.88 Å². The van der Waals surface area contributed by atoms with Crippen LogP contribution in [0.3, 0.4) is 0 Å². The van der Waals surface area contributed by atoms with Gasteiger partial charge in [0.25, 0.3) is 0 Å². The molecule has 0 atom stereocenters. The Balaban J connectivity index is 1.79. The normalized spacial score (nSPS) is 12.8. The predicted molar refractivity (Wildman–Crippen MR) is 141 cm³/mol. The van der Waals surface area contributed by atoms with Crippen LogP contribution in [-0.4, -0.2) is 16.9 Å². The average Bonchev–Trinajstić information content (AvgIpc) is 3.08. The Labute approximate surface area is 200 Å². The molecule has 3 aromatic rings. The van der Waals surface area contributed by atoms with Crippen LogP contribution in [-0.2, 0) is 13.0 Å². The number of benzene rings is 1. The summed E-state index contributed by atoms with van der Waals surface area (Å²) in [7, 11) is 2.13. The Hall–Kier alpha value is -2.81. The molecule has 0 spiro atoms. The Morgan fingerprint density at radius 2 is 1.91 bits per heavy atom. The van der Waals surface area contributed by atoms with E-state index in [2.05, 4.69) is 89.9 Å². The van der Waals surface area contributed by atoms with Crippen LogP contribution in [0.1, 0.15) is 75.1 Å². The SMILES string of the molecule is CC/C=C(/C=C/c1cnc(C)c(CC(C)(C)CCC)c1)N(C)Cc1oc2ccccc2c1C. The van der Waals surface area contributed by atoms with Gasteiger partial charge >= 0.3 is 0 Å². The highest BCUT2D eigenvalue weighted by atomic mass is 16.3. The van der Waals surface area contributed by atoms with Gasteiger partial charge in [0.1, 0.15) is 11.3 Å². The first-order valence-electron chi connectivity index (χ1n) is 12.3. The van der Waals surface area contributed by atoms with E-state index in [-0.39, 0.29) is 0 Å². The maximum Gasteiger partial charge on any atom is 0.134 e. The molecule has 33 heavy (non-hydrogen) atoms. The Morgan fingerprint density at radius 3 is 2.61 bits per heavy atom. The number of hydrogen-bond acceptors (Lipinski definition) is 3. The van der Waals surface area contributed by atoms with E-state index in [0.717, 1.165) is 42.0 Å². The van der Waals surface area contributed by atoms with E-state index in [9.17, 15) is 0 Å². The zero-order chi connectivity index (χ0) is 24.0. The van der Waals surface area contributed by atoms with Crippen molar-refractivity contribution in [2.45, 2.75) is 73.8 Å². The Bertz CT molecular complexity index is 1130. The molecule has 2 aromatic heterocycles. The van der Waals surface area contributed by atoms with Crippen molar-refractivity contribution in [2.24, 2.45) is 5.41 Å². The fourth-order valence-corrected chi connectivity index (χ4v) is 4.57. The number of aryl methyl sites for hydroxylation is 2. The molecule has 3 rings (SSSR count). The minimum Gasteiger partial charge on any atom is -0.459 e. The number of nitrogens with zero attached hydrogens (tertiary/aromatic N) is 2. The molecule has 0 bridgehead atoms. The number of hydrogen-bond donors (Lipinski definition) is 0. The average molecular weight is 445 g/mol. The fourth-order valence-electron chi connectivity index (χ4n) is 4.57. The molecule has 0 aliphatic heterocycles. The molecule has 0 radical (unpaired) electrons. The highest BCUT2D eigenvalue weighted by molar-refractivity contribution is 5.81. The van der Waals surface area contributed by atoms with E-state index in [0.29, 0.717) is 5.41 Å². The van der Waals surface area contributed by atoms with Crippen molar-refractivity contribution in [2.75, 3.05) is 7.05 Å². The molecule has 0 fully saturated rings. The number of rotatable bonds is 10. The third kappa shape index (κ3) is 6.37. The summed E-state index contributed by atoms with van der Waals surface area (Å²) in [5, 5.41) is 1.20. The van der Waals surface area contributed by atoms with E-state index < -0.39 is 0 Å². The molecule has 2 heterocycles. The summed E-state index contributed by atoms with van der Waals surface area (Å²) in [4.78, 5) is 6.96. The lowest BCUT2D eigenvalue weighted by molar-refractivity contribution is 0.328. The van der Waals surface area contributed by atoms with Gasteiger partial charge in [-0.1, -0.05) is 64.5 Å². The number of aromatic nitrogens is 1. The second-order valence-electron chi connectivity index (χ2n) is 9.98. The lowest BCUT2D eigenvalue weighted by Crippen LogP contribution is -2.16. The summed E-state index contributed by atoms with van der Waals surface area (Å²) in [6, 6.07) is 10.6. The maximum atomic E-state index is 6.15. The molecule has 3 nitrogen and oxygen atoms in total. The van der Waals surface area contributed by atoms with Crippen LogP contribution in [0.15, 0.2) is 58.8 Å². The highest BCUT2D eigenvalue weighted by Gasteiger charge is 2.19. The van der Waals surface area contributed by atoms with Crippen LogP contribution >= 0.6 is 0 Å². The van der Waals surface area contributed by atoms with E-state index in [1.54, 1.807) is 0 Å². The zero-order valence-electron chi connectivity index (χ0n) is 21.5. The first-order chi connectivity index (χ1) is 15.7. The second kappa shape index (κ2) is 10.9. The van der Waals surface area contributed by atoms with Crippen LogP contribution in [0.5, 0.6) is 0 Å². The van der Waals surface area contributed by atoms with Crippen molar-refractivity contribution < 1.29 is 4.42 Å². The standard InChI is InChI=1S/C30H40N2O/c1-8-12-26(32(7)21-29-22(3)27-13-10-11-14-28(27)33-29)16-15-24-18-25(23(4)31-20-24)19-30(5,6)17-9-2/h10-16,18,20H,8-9,17,19,21H2,1-7H3/b16-15+,26-12-. The Morgan fingerprint density at radius 1 is 1.15 bits per heavy atom. The predicted octanol–water partition coefficient (Wildman–Crippen LogP) is 8.25. The van der Waals surface area contributed by atoms with Gasteiger partial charge in [0.15, 0.2) is 0 Å². The first-order valence-corrected chi connectivity index (χ1v) is 12.3. The van der Waals surface area contributed by atoms with Crippen LogP contribution in [0.4, 0.5) is 0 Å². The Kier molecular flexibility index (Phi) is 8.18. The van der Waals surface area contributed by atoms with E-state index in [1.165, 1.54) is 35.1 Å². The molecule has 0 N–H and O–H groups in total. The van der Waals surface area contributed by atoms with Crippen LogP contribution < -0.4 is 0 Å². The van der Waals surface area contributed by atoms with Gasteiger partial charge in [0, 0.05) is 35.6 Å². The number of allylic oxidation sites excluding steroid dienone is 2. The second-order valence-corrected chi connectivity index (χ2v) is 9.98. The third-order valence-electron chi connectivity index (χ3n) is 6.43. The van der Waals surface area contributed by atoms with E-state index in [4.69, 9.17) is 9.40 Å². The molecule has 0 amide bonds. The largest absolute Gasteiger partial charge is 0.459 e. The summed E-state index contributed by atoms with van der Waals surface area (Å²) < 4.78 is 6.15. The van der Waals surface area contributed by atoms with Gasteiger partial charge < -0.3 is 9.32 Å². The summed E-state index contributed by atoms with van der Waals surface area (Å²) in [5.74, 6) is 1.02. The van der Waals surface area contributed by atoms with Crippen molar-refractivity contribution >= 4 is 17.0 Å². The monoisotopic (exact) mass is 444 g/mol. The number of para-hydroxylation sites is 1. The van der Waals surface area contributed by atoms with E-state index >= 15 is 0 Å². The molecule has 1 aromatic carbocycles. The van der Waals surface area contributed by atoms with Gasteiger partial charge in [0.2, 0.25) is 0 Å². The van der Waals surface area contributed by atoms with Gasteiger partial charge in [0.05, 0.1) is 6.54 Å². The minimum atomic E-state index is 0.293. The fraction of sp³-hybridized carbons (Fsp3) is 0.433. The van der Waals surface area contributed by atoms with Crippen LogP contribution in [0.2, 0.25) is 0 Å². The first kappa shape index (κ1) is 24.8. The van der Waals surface area contributed by atoms with Crippen molar-refractivity contribution in [1.29, 1.82) is 0 Å². The minimum absolute atomic E-state index is 0.293. The summed E-state index contributed by atoms with van der Waals surface area (Å²) in [6.07, 6.45) is 13.1. The summed E-state index contributed by atoms with van der Waals surface area (Å²) in [5.41, 5.74) is 7.30. The highest BCUT2D eigenvalue weighted by Crippen LogP contribution is 2.29. The van der Waals surface area contributed by atoms with Crippen LogP contribution in [0, 0.1) is 19.3 Å². The number of furan rings is 1. The lowest BCUT2D eigenvalue weighted by atomic mass is 9.81. The topological polar surface area (TPSA) is 29.3 Å². The van der Waals surface area contributed by atoms with Gasteiger partial charge in [-0.05, 0) is 67.9 Å². The molecule has 0 aliphatic rings. The zero-order valence-corrected chi connectivity index (χ0v) is 21.5. The summed E-state index contributed by atoms with van der Waals surface area (Å²) in [6.45, 7) is 14.2. The molecule has 3 heteroatoms. The number of likely N-dealkylation sites (N-methyl/N-ethyl adjacent to an activating group) is 1. The molecule has 0 unspecified atom stereocenters. The molecular weight excluding hydrogens is 404 g/mol. The quantitative estimate of drug-likeness (QED) is 0.295. The molecule has 0 saturated carbocycles. The smallest absolute Gasteiger partial charge is 0.134 e. The van der Waals surface area contributed by atoms with Crippen molar-refractivity contribution in [3.63, 3.8) is 0 Å². The molecule has 176 valence electrons. The van der Waals surface area contributed by atoms with E-state index in [1.807, 2.05) is 18.3 Å². The maximum absolute atomic E-state index is 6.15. The van der Waals surface area contributed by atoms with Crippen molar-refractivity contribution in [3.05, 3.63) is 82.5 Å². The third-order valence-corrected chi connectivity index (χ3v) is 6.43. The van der Waals surface area contributed by atoms with Gasteiger partial charge in [-0.15, -0.1) is 0 Å². The number of fused-ring (bicyclic) bond motifs is 1. The molecule has 0 saturated heterocycles. The van der Waals surface area contributed by atoms with Gasteiger partial charge in [-0.2, -0.15) is 0 Å². The molecular formula is C30H40N2O. The summed E-state index contributed by atoms with van der Waals surface area (Å²) >= 11 is 0. The molecule has 0 aliphatic carbocycles. The lowest BCUT2D eigenvalue weighted by Gasteiger charge is -2.25. The number of pyridine rings is 1.